The SMILES string of the molecule is COc1cccc(-c2nn(-c3ccccc3)cc2C(=O)N[C@H]2CCOc3ccccc32)c1. The van der Waals surface area contributed by atoms with Crippen LogP contribution in [0.3, 0.4) is 0 Å². The molecule has 2 heterocycles. The van der Waals surface area contributed by atoms with E-state index in [1.807, 2.05) is 78.9 Å². The second-order valence-electron chi connectivity index (χ2n) is 7.60. The molecule has 6 heteroatoms. The van der Waals surface area contributed by atoms with Gasteiger partial charge in [-0.2, -0.15) is 5.10 Å². The summed E-state index contributed by atoms with van der Waals surface area (Å²) in [5, 5.41) is 7.95. The fraction of sp³-hybridized carbons (Fsp3) is 0.154. The lowest BCUT2D eigenvalue weighted by Gasteiger charge is -2.26. The van der Waals surface area contributed by atoms with Crippen LogP contribution < -0.4 is 14.8 Å². The van der Waals surface area contributed by atoms with Crippen molar-refractivity contribution in [2.75, 3.05) is 13.7 Å². The Hall–Kier alpha value is -4.06. The van der Waals surface area contributed by atoms with E-state index < -0.39 is 0 Å². The van der Waals surface area contributed by atoms with Crippen molar-refractivity contribution >= 4 is 5.91 Å². The molecule has 0 spiro atoms. The van der Waals surface area contributed by atoms with Crippen LogP contribution in [0.5, 0.6) is 11.5 Å². The number of amides is 1. The summed E-state index contributed by atoms with van der Waals surface area (Å²) in [5.41, 5.74) is 3.80. The van der Waals surface area contributed by atoms with E-state index in [-0.39, 0.29) is 11.9 Å². The van der Waals surface area contributed by atoms with Gasteiger partial charge in [0, 0.05) is 23.7 Å². The molecule has 1 atom stereocenters. The molecule has 3 aromatic carbocycles. The molecule has 0 fully saturated rings. The van der Waals surface area contributed by atoms with Crippen molar-refractivity contribution in [1.82, 2.24) is 15.1 Å². The Morgan fingerprint density at radius 2 is 1.88 bits per heavy atom. The number of carbonyl (C=O) groups is 1. The van der Waals surface area contributed by atoms with Crippen molar-refractivity contribution in [3.8, 4) is 28.4 Å². The lowest BCUT2D eigenvalue weighted by atomic mass is 10.00. The number of carbonyl (C=O) groups excluding carboxylic acids is 1. The number of para-hydroxylation sites is 2. The minimum Gasteiger partial charge on any atom is -0.497 e. The summed E-state index contributed by atoms with van der Waals surface area (Å²) in [4.78, 5) is 13.5. The Morgan fingerprint density at radius 3 is 2.72 bits per heavy atom. The zero-order chi connectivity index (χ0) is 21.9. The molecular weight excluding hydrogens is 402 g/mol. The summed E-state index contributed by atoms with van der Waals surface area (Å²) in [5.74, 6) is 1.35. The number of ether oxygens (including phenoxy) is 2. The number of rotatable bonds is 5. The second kappa shape index (κ2) is 8.59. The van der Waals surface area contributed by atoms with Gasteiger partial charge in [0.1, 0.15) is 17.2 Å². The van der Waals surface area contributed by atoms with Crippen molar-refractivity contribution in [2.45, 2.75) is 12.5 Å². The molecule has 6 nitrogen and oxygen atoms in total. The molecule has 32 heavy (non-hydrogen) atoms. The van der Waals surface area contributed by atoms with Gasteiger partial charge in [-0.15, -0.1) is 0 Å². The van der Waals surface area contributed by atoms with Gasteiger partial charge in [-0.05, 0) is 30.3 Å². The van der Waals surface area contributed by atoms with E-state index in [0.29, 0.717) is 30.0 Å². The predicted octanol–water partition coefficient (Wildman–Crippen LogP) is 4.80. The number of benzene rings is 3. The molecule has 4 aromatic rings. The summed E-state index contributed by atoms with van der Waals surface area (Å²) in [6, 6.07) is 25.0. The van der Waals surface area contributed by atoms with Gasteiger partial charge in [-0.1, -0.05) is 48.5 Å². The summed E-state index contributed by atoms with van der Waals surface area (Å²) in [7, 11) is 1.62. The highest BCUT2D eigenvalue weighted by Gasteiger charge is 2.26. The first-order valence-corrected chi connectivity index (χ1v) is 10.5. The number of fused-ring (bicyclic) bond motifs is 1. The van der Waals surface area contributed by atoms with Gasteiger partial charge in [0.05, 0.1) is 31.0 Å². The summed E-state index contributed by atoms with van der Waals surface area (Å²) < 4.78 is 12.9. The van der Waals surface area contributed by atoms with Crippen LogP contribution in [0.2, 0.25) is 0 Å². The van der Waals surface area contributed by atoms with Crippen LogP contribution in [0, 0.1) is 0 Å². The quantitative estimate of drug-likeness (QED) is 0.499. The van der Waals surface area contributed by atoms with E-state index in [9.17, 15) is 4.79 Å². The van der Waals surface area contributed by atoms with Crippen molar-refractivity contribution < 1.29 is 14.3 Å². The zero-order valence-electron chi connectivity index (χ0n) is 17.7. The van der Waals surface area contributed by atoms with Crippen LogP contribution >= 0.6 is 0 Å². The Morgan fingerprint density at radius 1 is 1.06 bits per heavy atom. The van der Waals surface area contributed by atoms with Crippen LogP contribution in [0.25, 0.3) is 16.9 Å². The van der Waals surface area contributed by atoms with E-state index in [0.717, 1.165) is 22.6 Å². The van der Waals surface area contributed by atoms with E-state index in [4.69, 9.17) is 14.6 Å². The molecule has 0 saturated heterocycles. The molecule has 1 amide bonds. The number of nitrogens with one attached hydrogen (secondary N) is 1. The van der Waals surface area contributed by atoms with Crippen LogP contribution in [0.15, 0.2) is 85.1 Å². The molecule has 5 rings (SSSR count). The highest BCUT2D eigenvalue weighted by atomic mass is 16.5. The molecule has 0 saturated carbocycles. The summed E-state index contributed by atoms with van der Waals surface area (Å²) in [6.07, 6.45) is 2.49. The van der Waals surface area contributed by atoms with E-state index in [2.05, 4.69) is 5.32 Å². The normalized spacial score (nSPS) is 14.8. The standard InChI is InChI=1S/C26H23N3O3/c1-31-20-11-7-8-18(16-20)25-22(17-29(28-25)19-9-3-2-4-10-19)26(30)27-23-14-15-32-24-13-6-5-12-21(23)24/h2-13,16-17,23H,14-15H2,1H3,(H,27,30)/t23-/m0/s1. The highest BCUT2D eigenvalue weighted by molar-refractivity contribution is 6.00. The third-order valence-electron chi connectivity index (χ3n) is 5.59. The number of aromatic nitrogens is 2. The van der Waals surface area contributed by atoms with Gasteiger partial charge in [0.15, 0.2) is 0 Å². The van der Waals surface area contributed by atoms with E-state index in [1.165, 1.54) is 0 Å². The van der Waals surface area contributed by atoms with Crippen molar-refractivity contribution in [3.63, 3.8) is 0 Å². The van der Waals surface area contributed by atoms with Gasteiger partial charge in [-0.25, -0.2) is 4.68 Å². The third kappa shape index (κ3) is 3.83. The molecule has 1 aliphatic rings. The summed E-state index contributed by atoms with van der Waals surface area (Å²) >= 11 is 0. The molecule has 0 radical (unpaired) electrons. The largest absolute Gasteiger partial charge is 0.497 e. The smallest absolute Gasteiger partial charge is 0.255 e. The maximum absolute atomic E-state index is 13.5. The molecule has 0 bridgehead atoms. The molecule has 1 aliphatic heterocycles. The Labute approximate surface area is 186 Å². The fourth-order valence-electron chi connectivity index (χ4n) is 3.96. The maximum Gasteiger partial charge on any atom is 0.255 e. The van der Waals surface area contributed by atoms with Crippen LogP contribution in [0.4, 0.5) is 0 Å². The molecule has 1 aromatic heterocycles. The molecular formula is C26H23N3O3. The third-order valence-corrected chi connectivity index (χ3v) is 5.59. The van der Waals surface area contributed by atoms with Crippen LogP contribution in [0.1, 0.15) is 28.4 Å². The maximum atomic E-state index is 13.5. The molecule has 160 valence electrons. The van der Waals surface area contributed by atoms with Gasteiger partial charge in [0.2, 0.25) is 0 Å². The molecule has 0 unspecified atom stereocenters. The molecule has 1 N–H and O–H groups in total. The first-order chi connectivity index (χ1) is 15.7. The number of hydrogen-bond donors (Lipinski definition) is 1. The van der Waals surface area contributed by atoms with E-state index in [1.54, 1.807) is 18.0 Å². The highest BCUT2D eigenvalue weighted by Crippen LogP contribution is 2.33. The topological polar surface area (TPSA) is 65.4 Å². The van der Waals surface area contributed by atoms with Crippen molar-refractivity contribution in [3.05, 3.63) is 96.2 Å². The zero-order valence-corrected chi connectivity index (χ0v) is 17.7. The fourth-order valence-corrected chi connectivity index (χ4v) is 3.96. The summed E-state index contributed by atoms with van der Waals surface area (Å²) in [6.45, 7) is 0.563. The first kappa shape index (κ1) is 19.9. The number of nitrogens with zero attached hydrogens (tertiary/aromatic N) is 2. The average molecular weight is 425 g/mol. The lowest BCUT2D eigenvalue weighted by Crippen LogP contribution is -2.32. The monoisotopic (exact) mass is 425 g/mol. The van der Waals surface area contributed by atoms with Crippen molar-refractivity contribution in [1.29, 1.82) is 0 Å². The van der Waals surface area contributed by atoms with Crippen molar-refractivity contribution in [2.24, 2.45) is 0 Å². The molecule has 0 aliphatic carbocycles. The number of hydrogen-bond acceptors (Lipinski definition) is 4. The van der Waals surface area contributed by atoms with Gasteiger partial charge < -0.3 is 14.8 Å². The van der Waals surface area contributed by atoms with Gasteiger partial charge >= 0.3 is 0 Å². The van der Waals surface area contributed by atoms with Crippen LogP contribution in [-0.4, -0.2) is 29.4 Å². The van der Waals surface area contributed by atoms with Crippen LogP contribution in [-0.2, 0) is 0 Å². The first-order valence-electron chi connectivity index (χ1n) is 10.5. The predicted molar refractivity (Wildman–Crippen MR) is 122 cm³/mol. The number of methoxy groups -OCH3 is 1. The minimum atomic E-state index is -0.174. The average Bonchev–Trinajstić information content (AvgIpc) is 3.31. The van der Waals surface area contributed by atoms with Gasteiger partial charge in [0.25, 0.3) is 5.91 Å². The van der Waals surface area contributed by atoms with Gasteiger partial charge in [-0.3, -0.25) is 4.79 Å². The Balaban J connectivity index is 1.53. The Bertz CT molecular complexity index is 1250. The van der Waals surface area contributed by atoms with E-state index >= 15 is 0 Å². The lowest BCUT2D eigenvalue weighted by molar-refractivity contribution is 0.0925. The Kier molecular flexibility index (Phi) is 5.34. The second-order valence-corrected chi connectivity index (χ2v) is 7.60. The minimum absolute atomic E-state index is 0.120.